The molecule has 0 saturated carbocycles. The Labute approximate surface area is 183 Å². The average molecular weight is 433 g/mol. The molecule has 1 amide bonds. The fraction of sp³-hybridized carbons (Fsp3) is 0.0870. The van der Waals surface area contributed by atoms with E-state index in [1.807, 2.05) is 48.5 Å². The number of ether oxygens (including phenoxy) is 2. The lowest BCUT2D eigenvalue weighted by atomic mass is 10.1. The van der Waals surface area contributed by atoms with Gasteiger partial charge in [0.25, 0.3) is 5.91 Å². The van der Waals surface area contributed by atoms with Crippen molar-refractivity contribution in [2.45, 2.75) is 0 Å². The Balaban J connectivity index is 1.67. The van der Waals surface area contributed by atoms with Gasteiger partial charge in [-0.05, 0) is 35.2 Å². The van der Waals surface area contributed by atoms with Crippen molar-refractivity contribution in [2.24, 2.45) is 0 Å². The molecule has 3 aromatic carbocycles. The van der Waals surface area contributed by atoms with E-state index in [9.17, 15) is 4.79 Å². The first-order valence-corrected chi connectivity index (χ1v) is 10.3. The van der Waals surface area contributed by atoms with Gasteiger partial charge < -0.3 is 9.47 Å². The maximum absolute atomic E-state index is 13.2. The van der Waals surface area contributed by atoms with Gasteiger partial charge in [0.1, 0.15) is 6.07 Å². The molecule has 0 radical (unpaired) electrons. The lowest BCUT2D eigenvalue weighted by Crippen LogP contribution is -2.27. The number of anilines is 1. The normalized spacial score (nSPS) is 14.9. The van der Waals surface area contributed by atoms with Crippen molar-refractivity contribution >= 4 is 56.7 Å². The Morgan fingerprint density at radius 2 is 1.93 bits per heavy atom. The van der Waals surface area contributed by atoms with Crippen molar-refractivity contribution in [3.8, 4) is 17.6 Å². The summed E-state index contributed by atoms with van der Waals surface area (Å²) in [4.78, 5) is 15.3. The van der Waals surface area contributed by atoms with Gasteiger partial charge in [-0.2, -0.15) is 5.26 Å². The van der Waals surface area contributed by atoms with Crippen LogP contribution in [0.15, 0.2) is 65.6 Å². The quantitative estimate of drug-likeness (QED) is 0.410. The molecule has 1 aliphatic heterocycles. The SMILES string of the molecule is COc1cc(/C=C2/SC(=S)N(c3cccc4ccccc34)C2=O)ccc1OCC#N. The Kier molecular flexibility index (Phi) is 5.70. The summed E-state index contributed by atoms with van der Waals surface area (Å²) in [5.41, 5.74) is 1.55. The molecule has 1 fully saturated rings. The highest BCUT2D eigenvalue weighted by atomic mass is 32.2. The molecule has 148 valence electrons. The Bertz CT molecular complexity index is 1230. The fourth-order valence-electron chi connectivity index (χ4n) is 3.23. The van der Waals surface area contributed by atoms with Crippen LogP contribution in [0.2, 0.25) is 0 Å². The van der Waals surface area contributed by atoms with Crippen LogP contribution in [-0.4, -0.2) is 23.9 Å². The zero-order valence-electron chi connectivity index (χ0n) is 16.0. The predicted molar refractivity (Wildman–Crippen MR) is 124 cm³/mol. The molecule has 4 rings (SSSR count). The monoisotopic (exact) mass is 432 g/mol. The molecule has 0 spiro atoms. The molecule has 0 N–H and O–H groups in total. The highest BCUT2D eigenvalue weighted by Crippen LogP contribution is 2.39. The van der Waals surface area contributed by atoms with Crippen LogP contribution >= 0.6 is 24.0 Å². The Hall–Kier alpha value is -3.34. The molecular weight excluding hydrogens is 416 g/mol. The van der Waals surface area contributed by atoms with Gasteiger partial charge in [0.15, 0.2) is 22.4 Å². The van der Waals surface area contributed by atoms with Crippen molar-refractivity contribution in [3.63, 3.8) is 0 Å². The van der Waals surface area contributed by atoms with Gasteiger partial charge in [-0.25, -0.2) is 0 Å². The molecule has 7 heteroatoms. The summed E-state index contributed by atoms with van der Waals surface area (Å²) >= 11 is 6.79. The maximum Gasteiger partial charge on any atom is 0.270 e. The van der Waals surface area contributed by atoms with Crippen molar-refractivity contribution in [1.82, 2.24) is 0 Å². The Morgan fingerprint density at radius 1 is 1.13 bits per heavy atom. The van der Waals surface area contributed by atoms with E-state index in [4.69, 9.17) is 27.0 Å². The van der Waals surface area contributed by atoms with E-state index in [0.29, 0.717) is 20.7 Å². The number of amides is 1. The number of thioether (sulfide) groups is 1. The number of fused-ring (bicyclic) bond motifs is 1. The second kappa shape index (κ2) is 8.57. The predicted octanol–water partition coefficient (Wildman–Crippen LogP) is 5.16. The highest BCUT2D eigenvalue weighted by molar-refractivity contribution is 8.27. The molecule has 1 heterocycles. The number of hydrogen-bond acceptors (Lipinski definition) is 6. The van der Waals surface area contributed by atoms with Crippen LogP contribution in [-0.2, 0) is 4.79 Å². The van der Waals surface area contributed by atoms with E-state index in [2.05, 4.69) is 0 Å². The van der Waals surface area contributed by atoms with Crippen LogP contribution in [0.1, 0.15) is 5.56 Å². The smallest absolute Gasteiger partial charge is 0.270 e. The van der Waals surface area contributed by atoms with Crippen LogP contribution in [0.25, 0.3) is 16.8 Å². The molecule has 0 atom stereocenters. The van der Waals surface area contributed by atoms with Gasteiger partial charge >= 0.3 is 0 Å². The highest BCUT2D eigenvalue weighted by Gasteiger charge is 2.34. The maximum atomic E-state index is 13.2. The van der Waals surface area contributed by atoms with Gasteiger partial charge in [0.2, 0.25) is 0 Å². The van der Waals surface area contributed by atoms with Crippen molar-refractivity contribution < 1.29 is 14.3 Å². The minimum Gasteiger partial charge on any atom is -0.493 e. The third kappa shape index (κ3) is 3.75. The standard InChI is InChI=1S/C23H16N2O3S2/c1-27-20-13-15(9-10-19(20)28-12-11-24)14-21-22(26)25(23(29)30-21)18-8-4-6-16-5-2-3-7-17(16)18/h2-10,13-14H,12H2,1H3/b21-14+. The van der Waals surface area contributed by atoms with E-state index < -0.39 is 0 Å². The summed E-state index contributed by atoms with van der Waals surface area (Å²) < 4.78 is 11.2. The van der Waals surface area contributed by atoms with E-state index in [-0.39, 0.29) is 12.5 Å². The van der Waals surface area contributed by atoms with Gasteiger partial charge in [0, 0.05) is 5.39 Å². The van der Waals surface area contributed by atoms with Crippen LogP contribution in [0.3, 0.4) is 0 Å². The topological polar surface area (TPSA) is 62.6 Å². The minimum atomic E-state index is -0.162. The lowest BCUT2D eigenvalue weighted by molar-refractivity contribution is -0.113. The van der Waals surface area contributed by atoms with Crippen molar-refractivity contribution in [2.75, 3.05) is 18.6 Å². The molecular formula is C23H16N2O3S2. The molecule has 1 saturated heterocycles. The summed E-state index contributed by atoms with van der Waals surface area (Å²) in [6.07, 6.45) is 1.78. The first-order chi connectivity index (χ1) is 14.6. The molecule has 0 aliphatic carbocycles. The number of hydrogen-bond donors (Lipinski definition) is 0. The number of rotatable bonds is 5. The Morgan fingerprint density at radius 3 is 2.73 bits per heavy atom. The van der Waals surface area contributed by atoms with Crippen LogP contribution in [0, 0.1) is 11.3 Å². The van der Waals surface area contributed by atoms with Crippen molar-refractivity contribution in [3.05, 3.63) is 71.1 Å². The first-order valence-electron chi connectivity index (χ1n) is 9.06. The number of nitrogens with zero attached hydrogens (tertiary/aromatic N) is 2. The number of carbonyl (C=O) groups excluding carboxylic acids is 1. The molecule has 30 heavy (non-hydrogen) atoms. The van der Waals surface area contributed by atoms with Crippen molar-refractivity contribution in [1.29, 1.82) is 5.26 Å². The second-order valence-corrected chi connectivity index (χ2v) is 8.05. The summed E-state index contributed by atoms with van der Waals surface area (Å²) in [7, 11) is 1.53. The summed E-state index contributed by atoms with van der Waals surface area (Å²) in [5, 5.41) is 10.7. The minimum absolute atomic E-state index is 0.0700. The fourth-order valence-corrected chi connectivity index (χ4v) is 4.52. The molecule has 0 unspecified atom stereocenters. The van der Waals surface area contributed by atoms with Crippen LogP contribution in [0.5, 0.6) is 11.5 Å². The van der Waals surface area contributed by atoms with Gasteiger partial charge in [-0.15, -0.1) is 0 Å². The molecule has 0 bridgehead atoms. The second-order valence-electron chi connectivity index (χ2n) is 6.37. The largest absolute Gasteiger partial charge is 0.493 e. The van der Waals surface area contributed by atoms with E-state index in [1.54, 1.807) is 29.2 Å². The van der Waals surface area contributed by atoms with E-state index in [0.717, 1.165) is 22.0 Å². The summed E-state index contributed by atoms with van der Waals surface area (Å²) in [5.74, 6) is 0.799. The van der Waals surface area contributed by atoms with Crippen LogP contribution in [0.4, 0.5) is 5.69 Å². The number of thiocarbonyl (C=S) groups is 1. The molecule has 5 nitrogen and oxygen atoms in total. The summed E-state index contributed by atoms with van der Waals surface area (Å²) in [6.45, 7) is -0.0700. The van der Waals surface area contributed by atoms with Gasteiger partial charge in [-0.1, -0.05) is 66.4 Å². The zero-order chi connectivity index (χ0) is 21.1. The average Bonchev–Trinajstić information content (AvgIpc) is 3.05. The van der Waals surface area contributed by atoms with Gasteiger partial charge in [-0.3, -0.25) is 9.69 Å². The molecule has 1 aliphatic rings. The third-order valence-corrected chi connectivity index (χ3v) is 5.88. The lowest BCUT2D eigenvalue weighted by Gasteiger charge is -2.17. The summed E-state index contributed by atoms with van der Waals surface area (Å²) in [6, 6.07) is 20.9. The third-order valence-electron chi connectivity index (χ3n) is 4.58. The number of methoxy groups -OCH3 is 1. The number of carbonyl (C=O) groups is 1. The van der Waals surface area contributed by atoms with E-state index in [1.165, 1.54) is 18.9 Å². The van der Waals surface area contributed by atoms with Crippen LogP contribution < -0.4 is 14.4 Å². The van der Waals surface area contributed by atoms with E-state index >= 15 is 0 Å². The first kappa shape index (κ1) is 20.0. The molecule has 0 aromatic heterocycles. The van der Waals surface area contributed by atoms with Gasteiger partial charge in [0.05, 0.1) is 17.7 Å². The number of benzene rings is 3. The zero-order valence-corrected chi connectivity index (χ0v) is 17.6. The number of nitriles is 1. The molecule has 3 aromatic rings.